The summed E-state index contributed by atoms with van der Waals surface area (Å²) in [6.45, 7) is 6.57. The van der Waals surface area contributed by atoms with Crippen molar-refractivity contribution in [2.45, 2.75) is 6.29 Å². The van der Waals surface area contributed by atoms with Crippen LogP contribution in [0.3, 0.4) is 0 Å². The average molecular weight is 381 g/mol. The highest BCUT2D eigenvalue weighted by molar-refractivity contribution is 5.77. The van der Waals surface area contributed by atoms with Crippen LogP contribution in [-0.4, -0.2) is 47.2 Å². The summed E-state index contributed by atoms with van der Waals surface area (Å²) >= 11 is 0. The molecular formula is C20H20FN5O2. The summed E-state index contributed by atoms with van der Waals surface area (Å²) in [6.07, 6.45) is 1.03. The minimum Gasteiger partial charge on any atom is -0.347 e. The molecule has 0 unspecified atom stereocenters. The molecule has 1 aromatic carbocycles. The van der Waals surface area contributed by atoms with Gasteiger partial charge in [-0.1, -0.05) is 0 Å². The standard InChI is InChI=1S/C20H20FN5O2/c1-12-10-27-19(28-11-12)18-24-16(13-4-6-14(21)7-5-13)17(25-18)15-8-9-22-20(23-15)26(2)3/h1,4-9,12,19H,10-11H2,2-3H3,(H,24,25). The highest BCUT2D eigenvalue weighted by Crippen LogP contribution is 2.33. The van der Waals surface area contributed by atoms with Crippen molar-refractivity contribution in [3.8, 4) is 22.6 Å². The Hall–Kier alpha value is -2.84. The van der Waals surface area contributed by atoms with E-state index < -0.39 is 6.29 Å². The second-order valence-electron chi connectivity index (χ2n) is 6.75. The van der Waals surface area contributed by atoms with Crippen molar-refractivity contribution in [1.29, 1.82) is 0 Å². The zero-order valence-electron chi connectivity index (χ0n) is 15.6. The van der Waals surface area contributed by atoms with E-state index in [4.69, 9.17) is 16.4 Å². The predicted octanol–water partition coefficient (Wildman–Crippen LogP) is 3.11. The smallest absolute Gasteiger partial charge is 0.225 e. The Balaban J connectivity index is 1.79. The van der Waals surface area contributed by atoms with Crippen LogP contribution < -0.4 is 4.90 Å². The van der Waals surface area contributed by atoms with Gasteiger partial charge in [-0.3, -0.25) is 0 Å². The van der Waals surface area contributed by atoms with Gasteiger partial charge in [-0.05, 0) is 37.3 Å². The maximum atomic E-state index is 13.4. The number of nitrogens with zero attached hydrogens (tertiary/aromatic N) is 4. The third-order valence-corrected chi connectivity index (χ3v) is 4.29. The largest absolute Gasteiger partial charge is 0.347 e. The van der Waals surface area contributed by atoms with Crippen molar-refractivity contribution < 1.29 is 13.9 Å². The average Bonchev–Trinajstić information content (AvgIpc) is 3.14. The minimum absolute atomic E-state index is 0.160. The maximum absolute atomic E-state index is 13.4. The molecule has 1 aliphatic heterocycles. The third-order valence-electron chi connectivity index (χ3n) is 4.29. The first-order chi connectivity index (χ1) is 13.5. The van der Waals surface area contributed by atoms with Gasteiger partial charge in [-0.2, -0.15) is 0 Å². The molecule has 0 saturated carbocycles. The van der Waals surface area contributed by atoms with Gasteiger partial charge in [0.25, 0.3) is 0 Å². The molecule has 0 amide bonds. The number of hydrogen-bond acceptors (Lipinski definition) is 6. The van der Waals surface area contributed by atoms with Crippen LogP contribution in [0.25, 0.3) is 22.6 Å². The number of benzene rings is 1. The third kappa shape index (κ3) is 3.74. The summed E-state index contributed by atoms with van der Waals surface area (Å²) in [5.41, 5.74) is 2.70. The summed E-state index contributed by atoms with van der Waals surface area (Å²) in [5, 5.41) is 0. The summed E-state index contributed by atoms with van der Waals surface area (Å²) in [5.74, 6) is 0.596. The number of aromatic nitrogens is 4. The molecule has 0 atom stereocenters. The van der Waals surface area contributed by atoms with E-state index in [0.29, 0.717) is 42.1 Å². The molecule has 7 nitrogen and oxygen atoms in total. The summed E-state index contributed by atoms with van der Waals surface area (Å²) in [6, 6.07) is 7.92. The highest BCUT2D eigenvalue weighted by atomic mass is 19.1. The van der Waals surface area contributed by atoms with Crippen molar-refractivity contribution in [2.75, 3.05) is 32.2 Å². The second kappa shape index (κ2) is 7.65. The van der Waals surface area contributed by atoms with Gasteiger partial charge in [0.15, 0.2) is 5.82 Å². The number of imidazole rings is 1. The van der Waals surface area contributed by atoms with Crippen LogP contribution in [0, 0.1) is 18.7 Å². The fourth-order valence-electron chi connectivity index (χ4n) is 2.88. The first kappa shape index (κ1) is 18.5. The minimum atomic E-state index is -0.650. The topological polar surface area (TPSA) is 76.2 Å². The van der Waals surface area contributed by atoms with Crippen LogP contribution in [-0.2, 0) is 9.47 Å². The van der Waals surface area contributed by atoms with E-state index in [1.807, 2.05) is 19.0 Å². The predicted molar refractivity (Wildman–Crippen MR) is 102 cm³/mol. The molecule has 2 aromatic heterocycles. The molecule has 28 heavy (non-hydrogen) atoms. The molecule has 0 aliphatic carbocycles. The molecule has 1 aliphatic rings. The molecule has 1 N–H and O–H groups in total. The van der Waals surface area contributed by atoms with Gasteiger partial charge < -0.3 is 19.4 Å². The van der Waals surface area contributed by atoms with Crippen LogP contribution in [0.2, 0.25) is 0 Å². The van der Waals surface area contributed by atoms with E-state index >= 15 is 0 Å². The van der Waals surface area contributed by atoms with E-state index in [-0.39, 0.29) is 11.7 Å². The molecule has 8 heteroatoms. The monoisotopic (exact) mass is 381 g/mol. The van der Waals surface area contributed by atoms with E-state index in [2.05, 4.69) is 19.9 Å². The Morgan fingerprint density at radius 3 is 2.50 bits per heavy atom. The molecule has 0 bridgehead atoms. The number of H-pyrrole nitrogens is 1. The molecule has 4 rings (SSSR count). The molecule has 144 valence electrons. The lowest BCUT2D eigenvalue weighted by Crippen LogP contribution is -2.25. The fourth-order valence-corrected chi connectivity index (χ4v) is 2.88. The lowest BCUT2D eigenvalue weighted by atomic mass is 10.1. The van der Waals surface area contributed by atoms with Crippen LogP contribution >= 0.6 is 0 Å². The van der Waals surface area contributed by atoms with Gasteiger partial charge in [-0.25, -0.2) is 19.3 Å². The molecule has 3 aromatic rings. The normalized spacial score (nSPS) is 19.6. The first-order valence-electron chi connectivity index (χ1n) is 8.86. The van der Waals surface area contributed by atoms with E-state index in [0.717, 1.165) is 5.56 Å². The Morgan fingerprint density at radius 1 is 1.11 bits per heavy atom. The van der Waals surface area contributed by atoms with Gasteiger partial charge in [0.2, 0.25) is 12.2 Å². The molecule has 1 saturated heterocycles. The summed E-state index contributed by atoms with van der Waals surface area (Å²) in [4.78, 5) is 18.6. The van der Waals surface area contributed by atoms with Crippen LogP contribution in [0.5, 0.6) is 0 Å². The van der Waals surface area contributed by atoms with Crippen molar-refractivity contribution in [2.24, 2.45) is 5.92 Å². The molecular weight excluding hydrogens is 361 g/mol. The Kier molecular flexibility index (Phi) is 5.06. The highest BCUT2D eigenvalue weighted by Gasteiger charge is 2.26. The van der Waals surface area contributed by atoms with E-state index in [9.17, 15) is 4.39 Å². The van der Waals surface area contributed by atoms with Crippen molar-refractivity contribution >= 4 is 5.95 Å². The van der Waals surface area contributed by atoms with Gasteiger partial charge in [0, 0.05) is 31.8 Å². The van der Waals surface area contributed by atoms with Crippen molar-refractivity contribution in [3.05, 3.63) is 55.1 Å². The number of rotatable bonds is 4. The lowest BCUT2D eigenvalue weighted by Gasteiger charge is -2.25. The van der Waals surface area contributed by atoms with Gasteiger partial charge in [0.05, 0.1) is 30.3 Å². The first-order valence-corrected chi connectivity index (χ1v) is 8.86. The SMILES string of the molecule is [CH]C1COC(c2nc(-c3ccc(F)cc3)c(-c3ccnc(N(C)C)n3)[nH]2)OC1. The Bertz CT molecular complexity index is 949. The number of anilines is 1. The quantitative estimate of drug-likeness (QED) is 0.748. The van der Waals surface area contributed by atoms with Crippen LogP contribution in [0.4, 0.5) is 10.3 Å². The number of ether oxygens (including phenoxy) is 2. The fraction of sp³-hybridized carbons (Fsp3) is 0.300. The van der Waals surface area contributed by atoms with Crippen molar-refractivity contribution in [3.63, 3.8) is 0 Å². The molecule has 0 spiro atoms. The van der Waals surface area contributed by atoms with Gasteiger partial charge in [-0.15, -0.1) is 0 Å². The Morgan fingerprint density at radius 2 is 1.82 bits per heavy atom. The lowest BCUT2D eigenvalue weighted by molar-refractivity contribution is -0.201. The molecule has 2 radical (unpaired) electrons. The second-order valence-corrected chi connectivity index (χ2v) is 6.75. The molecule has 1 fully saturated rings. The number of hydrogen-bond donors (Lipinski definition) is 1. The van der Waals surface area contributed by atoms with Crippen molar-refractivity contribution in [1.82, 2.24) is 19.9 Å². The zero-order valence-corrected chi connectivity index (χ0v) is 15.6. The van der Waals surface area contributed by atoms with E-state index in [1.165, 1.54) is 12.1 Å². The number of nitrogens with one attached hydrogen (secondary N) is 1. The zero-order chi connectivity index (χ0) is 19.7. The van der Waals surface area contributed by atoms with Gasteiger partial charge in [0.1, 0.15) is 5.82 Å². The van der Waals surface area contributed by atoms with E-state index in [1.54, 1.807) is 24.4 Å². The van der Waals surface area contributed by atoms with Crippen LogP contribution in [0.15, 0.2) is 36.5 Å². The summed E-state index contributed by atoms with van der Waals surface area (Å²) < 4.78 is 24.7. The Labute approximate surface area is 162 Å². The van der Waals surface area contributed by atoms with Crippen LogP contribution in [0.1, 0.15) is 12.1 Å². The molecule has 3 heterocycles. The number of halogens is 1. The van der Waals surface area contributed by atoms with Gasteiger partial charge >= 0.3 is 0 Å². The maximum Gasteiger partial charge on any atom is 0.225 e. The number of aromatic amines is 1. The summed E-state index contributed by atoms with van der Waals surface area (Å²) in [7, 11) is 3.73.